The minimum atomic E-state index is 0.346. The Morgan fingerprint density at radius 2 is 2.30 bits per heavy atom. The highest BCUT2D eigenvalue weighted by molar-refractivity contribution is 7.10. The lowest BCUT2D eigenvalue weighted by Gasteiger charge is -2.09. The summed E-state index contributed by atoms with van der Waals surface area (Å²) in [6.07, 6.45) is 1.04. The van der Waals surface area contributed by atoms with Crippen LogP contribution in [0.15, 0.2) is 18.2 Å². The van der Waals surface area contributed by atoms with Gasteiger partial charge >= 0.3 is 0 Å². The van der Waals surface area contributed by atoms with E-state index in [2.05, 4.69) is 27.9 Å². The van der Waals surface area contributed by atoms with Crippen LogP contribution in [0.1, 0.15) is 30.2 Å². The number of rotatable bonds is 6. The molecule has 0 aliphatic rings. The molecule has 0 saturated carbocycles. The largest absolute Gasteiger partial charge is 0.487 e. The summed E-state index contributed by atoms with van der Waals surface area (Å²) in [5.74, 6) is 0.707. The van der Waals surface area contributed by atoms with Crippen LogP contribution >= 0.6 is 11.5 Å². The summed E-state index contributed by atoms with van der Waals surface area (Å²) in [6, 6.07) is 7.51. The van der Waals surface area contributed by atoms with Gasteiger partial charge in [-0.05, 0) is 31.0 Å². The molecule has 0 atom stereocenters. The maximum Gasteiger partial charge on any atom is 0.136 e. The lowest BCUT2D eigenvalue weighted by atomic mass is 10.1. The van der Waals surface area contributed by atoms with Gasteiger partial charge in [0.05, 0.1) is 11.6 Å². The number of benzene rings is 1. The van der Waals surface area contributed by atoms with E-state index in [1.54, 1.807) is 12.1 Å². The minimum absolute atomic E-state index is 0.346. The number of nitrogens with one attached hydrogen (secondary N) is 1. The van der Waals surface area contributed by atoms with E-state index in [1.165, 1.54) is 11.5 Å². The Hall–Kier alpha value is -2.13. The number of hydrogen-bond donors (Lipinski definition) is 1. The summed E-state index contributed by atoms with van der Waals surface area (Å²) >= 11 is 1.33. The third kappa shape index (κ3) is 3.45. The van der Waals surface area contributed by atoms with Gasteiger partial charge in [0, 0.05) is 18.1 Å². The Balaban J connectivity index is 2.05. The smallest absolute Gasteiger partial charge is 0.136 e. The van der Waals surface area contributed by atoms with Crippen molar-refractivity contribution in [3.05, 3.63) is 35.0 Å². The number of nitrogens with zero attached hydrogens (tertiary/aromatic N) is 3. The predicted octanol–water partition coefficient (Wildman–Crippen LogP) is 3.12. The zero-order valence-electron chi connectivity index (χ0n) is 11.5. The van der Waals surface area contributed by atoms with Crippen LogP contribution in [0.2, 0.25) is 0 Å². The molecule has 0 radical (unpaired) electrons. The molecular weight excluding hydrogens is 272 g/mol. The monoisotopic (exact) mass is 288 g/mol. The molecular formula is C14H16N4OS. The Kier molecular flexibility index (Phi) is 4.91. The second-order valence-electron chi connectivity index (χ2n) is 4.36. The lowest BCUT2D eigenvalue weighted by molar-refractivity contribution is 0.299. The van der Waals surface area contributed by atoms with Crippen molar-refractivity contribution in [2.75, 3.05) is 11.9 Å². The fourth-order valence-electron chi connectivity index (χ4n) is 1.65. The first-order chi connectivity index (χ1) is 9.74. The molecule has 0 fully saturated rings. The van der Waals surface area contributed by atoms with E-state index in [0.29, 0.717) is 17.9 Å². The van der Waals surface area contributed by atoms with Crippen molar-refractivity contribution in [1.82, 2.24) is 9.59 Å². The number of hydrogen-bond acceptors (Lipinski definition) is 6. The van der Waals surface area contributed by atoms with Crippen molar-refractivity contribution in [1.29, 1.82) is 5.26 Å². The molecule has 1 N–H and O–H groups in total. The van der Waals surface area contributed by atoms with E-state index in [1.807, 2.05) is 13.0 Å². The van der Waals surface area contributed by atoms with Crippen LogP contribution in [0.3, 0.4) is 0 Å². The van der Waals surface area contributed by atoms with Gasteiger partial charge in [-0.25, -0.2) is 0 Å². The van der Waals surface area contributed by atoms with Gasteiger partial charge in [-0.1, -0.05) is 17.5 Å². The molecule has 1 aromatic heterocycles. The first kappa shape index (κ1) is 14.3. The Morgan fingerprint density at radius 1 is 1.45 bits per heavy atom. The van der Waals surface area contributed by atoms with E-state index in [4.69, 9.17) is 10.00 Å². The normalized spacial score (nSPS) is 10.1. The third-order valence-corrected chi connectivity index (χ3v) is 3.50. The molecule has 0 amide bonds. The van der Waals surface area contributed by atoms with Crippen molar-refractivity contribution in [2.45, 2.75) is 26.9 Å². The highest BCUT2D eigenvalue weighted by Crippen LogP contribution is 2.23. The molecule has 0 aliphatic carbocycles. The van der Waals surface area contributed by atoms with Gasteiger partial charge in [-0.15, -0.1) is 5.10 Å². The molecule has 1 heterocycles. The van der Waals surface area contributed by atoms with Crippen molar-refractivity contribution < 1.29 is 4.74 Å². The van der Waals surface area contributed by atoms with Crippen LogP contribution in [0.4, 0.5) is 5.00 Å². The number of aromatic nitrogens is 2. The standard InChI is InChI=1S/C14H16N4OS/c1-3-6-16-14-12(17-18-20-14)9-19-13-7-11(8-15)5-4-10(13)2/h4-5,7,16H,3,6,9H2,1-2H3. The zero-order chi connectivity index (χ0) is 14.4. The Labute approximate surface area is 122 Å². The molecule has 2 rings (SSSR count). The van der Waals surface area contributed by atoms with Crippen LogP contribution in [-0.4, -0.2) is 16.1 Å². The number of ether oxygens (including phenoxy) is 1. The summed E-state index contributed by atoms with van der Waals surface area (Å²) < 4.78 is 9.70. The van der Waals surface area contributed by atoms with Crippen molar-refractivity contribution in [3.63, 3.8) is 0 Å². The topological polar surface area (TPSA) is 70.8 Å². The van der Waals surface area contributed by atoms with E-state index in [-0.39, 0.29) is 0 Å². The second-order valence-corrected chi connectivity index (χ2v) is 5.11. The summed E-state index contributed by atoms with van der Waals surface area (Å²) in [5.41, 5.74) is 2.38. The SMILES string of the molecule is CCCNc1snnc1COc1cc(C#N)ccc1C. The lowest BCUT2D eigenvalue weighted by Crippen LogP contribution is -2.04. The summed E-state index contributed by atoms with van der Waals surface area (Å²) in [6.45, 7) is 5.29. The quantitative estimate of drug-likeness (QED) is 0.884. The molecule has 0 bridgehead atoms. The fourth-order valence-corrected chi connectivity index (χ4v) is 2.24. The van der Waals surface area contributed by atoms with E-state index >= 15 is 0 Å². The van der Waals surface area contributed by atoms with Crippen LogP contribution < -0.4 is 10.1 Å². The molecule has 20 heavy (non-hydrogen) atoms. The first-order valence-corrected chi connectivity index (χ1v) is 7.20. The first-order valence-electron chi connectivity index (χ1n) is 6.43. The summed E-state index contributed by atoms with van der Waals surface area (Å²) in [4.78, 5) is 0. The van der Waals surface area contributed by atoms with Gasteiger partial charge < -0.3 is 10.1 Å². The van der Waals surface area contributed by atoms with Crippen molar-refractivity contribution >= 4 is 16.5 Å². The average molecular weight is 288 g/mol. The van der Waals surface area contributed by atoms with Gasteiger partial charge in [0.15, 0.2) is 0 Å². The minimum Gasteiger partial charge on any atom is -0.487 e. The summed E-state index contributed by atoms with van der Waals surface area (Å²) in [5, 5.41) is 17.2. The molecule has 5 nitrogen and oxygen atoms in total. The van der Waals surface area contributed by atoms with Crippen molar-refractivity contribution in [3.8, 4) is 11.8 Å². The molecule has 0 aliphatic heterocycles. The third-order valence-electron chi connectivity index (χ3n) is 2.77. The second kappa shape index (κ2) is 6.87. The molecule has 6 heteroatoms. The Morgan fingerprint density at radius 3 is 3.05 bits per heavy atom. The average Bonchev–Trinajstić information content (AvgIpc) is 2.91. The predicted molar refractivity (Wildman–Crippen MR) is 78.9 cm³/mol. The van der Waals surface area contributed by atoms with Crippen LogP contribution in [-0.2, 0) is 6.61 Å². The number of anilines is 1. The van der Waals surface area contributed by atoms with Gasteiger partial charge in [0.25, 0.3) is 0 Å². The van der Waals surface area contributed by atoms with Gasteiger partial charge in [0.2, 0.25) is 0 Å². The Bertz CT molecular complexity index is 618. The molecule has 1 aromatic carbocycles. The maximum atomic E-state index is 8.91. The molecule has 2 aromatic rings. The van der Waals surface area contributed by atoms with E-state index < -0.39 is 0 Å². The van der Waals surface area contributed by atoms with Gasteiger partial charge in [0.1, 0.15) is 23.1 Å². The number of aryl methyl sites for hydroxylation is 1. The maximum absolute atomic E-state index is 8.91. The van der Waals surface area contributed by atoms with E-state index in [9.17, 15) is 0 Å². The fraction of sp³-hybridized carbons (Fsp3) is 0.357. The molecule has 0 unspecified atom stereocenters. The van der Waals surface area contributed by atoms with Crippen LogP contribution in [0.25, 0.3) is 0 Å². The van der Waals surface area contributed by atoms with Gasteiger partial charge in [-0.3, -0.25) is 0 Å². The molecule has 104 valence electrons. The van der Waals surface area contributed by atoms with Crippen LogP contribution in [0.5, 0.6) is 5.75 Å². The van der Waals surface area contributed by atoms with Crippen LogP contribution in [0, 0.1) is 18.3 Å². The summed E-state index contributed by atoms with van der Waals surface area (Å²) in [7, 11) is 0. The highest BCUT2D eigenvalue weighted by atomic mass is 32.1. The van der Waals surface area contributed by atoms with Gasteiger partial charge in [-0.2, -0.15) is 5.26 Å². The van der Waals surface area contributed by atoms with E-state index in [0.717, 1.165) is 29.2 Å². The zero-order valence-corrected chi connectivity index (χ0v) is 12.3. The van der Waals surface area contributed by atoms with Crippen molar-refractivity contribution in [2.24, 2.45) is 0 Å². The number of nitriles is 1. The highest BCUT2D eigenvalue weighted by Gasteiger charge is 2.09. The molecule has 0 spiro atoms. The molecule has 0 saturated heterocycles.